The fourth-order valence-electron chi connectivity index (χ4n) is 2.29. The Hall–Kier alpha value is -3.15. The number of hydrogen-bond acceptors (Lipinski definition) is 6. The van der Waals surface area contributed by atoms with E-state index in [0.29, 0.717) is 23.7 Å². The van der Waals surface area contributed by atoms with Crippen molar-refractivity contribution in [2.24, 2.45) is 0 Å². The Balaban J connectivity index is 1.72. The van der Waals surface area contributed by atoms with E-state index in [0.717, 1.165) is 16.3 Å². The van der Waals surface area contributed by atoms with E-state index in [9.17, 15) is 4.79 Å². The second kappa shape index (κ2) is 6.31. The van der Waals surface area contributed by atoms with E-state index in [-0.39, 0.29) is 0 Å². The number of esters is 1. The summed E-state index contributed by atoms with van der Waals surface area (Å²) in [6, 6.07) is 11.4. The maximum absolute atomic E-state index is 11.4. The lowest BCUT2D eigenvalue weighted by atomic mass is 10.1. The Morgan fingerprint density at radius 1 is 1.22 bits per heavy atom. The Morgan fingerprint density at radius 2 is 2.09 bits per heavy atom. The molecule has 3 rings (SSSR count). The first kappa shape index (κ1) is 14.8. The molecule has 0 fully saturated rings. The van der Waals surface area contributed by atoms with Crippen molar-refractivity contribution in [3.05, 3.63) is 59.9 Å². The number of pyridine rings is 2. The molecule has 116 valence electrons. The highest BCUT2D eigenvalue weighted by Gasteiger charge is 2.05. The van der Waals surface area contributed by atoms with Gasteiger partial charge >= 0.3 is 5.97 Å². The predicted octanol–water partition coefficient (Wildman–Crippen LogP) is 2.61. The van der Waals surface area contributed by atoms with Gasteiger partial charge in [0.2, 0.25) is 0 Å². The lowest BCUT2D eigenvalue weighted by Crippen LogP contribution is -2.05. The van der Waals surface area contributed by atoms with Gasteiger partial charge < -0.3 is 15.8 Å². The molecule has 1 aromatic carbocycles. The van der Waals surface area contributed by atoms with Crippen LogP contribution in [0.5, 0.6) is 0 Å². The monoisotopic (exact) mass is 308 g/mol. The lowest BCUT2D eigenvalue weighted by molar-refractivity contribution is 0.0600. The number of nitrogens with zero attached hydrogens (tertiary/aromatic N) is 2. The summed E-state index contributed by atoms with van der Waals surface area (Å²) < 4.78 is 4.64. The van der Waals surface area contributed by atoms with Crippen molar-refractivity contribution in [2.75, 3.05) is 18.2 Å². The maximum atomic E-state index is 11.4. The maximum Gasteiger partial charge on any atom is 0.339 e. The van der Waals surface area contributed by atoms with Crippen molar-refractivity contribution < 1.29 is 9.53 Å². The standard InChI is InChI=1S/C17H16N4O2/c1-23-17(22)13-3-5-15(21-10-13)20-9-11-2-4-14-12(8-11)6-7-19-16(14)18/h2-8,10H,9H2,1H3,(H2,18,19)(H,20,21). The van der Waals surface area contributed by atoms with Crippen LogP contribution in [0.15, 0.2) is 48.8 Å². The van der Waals surface area contributed by atoms with Crippen LogP contribution >= 0.6 is 0 Å². The van der Waals surface area contributed by atoms with Gasteiger partial charge in [-0.1, -0.05) is 12.1 Å². The Morgan fingerprint density at radius 3 is 2.83 bits per heavy atom. The minimum absolute atomic E-state index is 0.398. The third-order valence-corrected chi connectivity index (χ3v) is 3.52. The largest absolute Gasteiger partial charge is 0.465 e. The molecular weight excluding hydrogens is 292 g/mol. The molecule has 0 radical (unpaired) electrons. The third-order valence-electron chi connectivity index (χ3n) is 3.52. The van der Waals surface area contributed by atoms with Gasteiger partial charge in [0.1, 0.15) is 11.6 Å². The van der Waals surface area contributed by atoms with Crippen LogP contribution in [-0.4, -0.2) is 23.0 Å². The number of methoxy groups -OCH3 is 1. The molecule has 0 aliphatic carbocycles. The van der Waals surface area contributed by atoms with E-state index in [2.05, 4.69) is 26.1 Å². The predicted molar refractivity (Wildman–Crippen MR) is 89.1 cm³/mol. The normalized spacial score (nSPS) is 10.5. The molecule has 0 aliphatic rings. The zero-order valence-corrected chi connectivity index (χ0v) is 12.6. The van der Waals surface area contributed by atoms with Crippen molar-refractivity contribution in [3.63, 3.8) is 0 Å². The summed E-state index contributed by atoms with van der Waals surface area (Å²) in [5, 5.41) is 5.20. The van der Waals surface area contributed by atoms with Crippen molar-refractivity contribution in [3.8, 4) is 0 Å². The molecule has 0 bridgehead atoms. The lowest BCUT2D eigenvalue weighted by Gasteiger charge is -2.08. The zero-order valence-electron chi connectivity index (χ0n) is 12.6. The number of nitrogen functional groups attached to an aromatic ring is 1. The van der Waals surface area contributed by atoms with Crippen molar-refractivity contribution in [1.29, 1.82) is 0 Å². The number of hydrogen-bond donors (Lipinski definition) is 2. The number of aromatic nitrogens is 2. The number of carbonyl (C=O) groups is 1. The van der Waals surface area contributed by atoms with Crippen molar-refractivity contribution in [1.82, 2.24) is 9.97 Å². The Bertz CT molecular complexity index is 847. The molecule has 2 heterocycles. The fourth-order valence-corrected chi connectivity index (χ4v) is 2.29. The quantitative estimate of drug-likeness (QED) is 0.720. The molecule has 3 aromatic rings. The fraction of sp³-hybridized carbons (Fsp3) is 0.118. The molecule has 6 nitrogen and oxygen atoms in total. The van der Waals surface area contributed by atoms with Gasteiger partial charge in [0.05, 0.1) is 12.7 Å². The van der Waals surface area contributed by atoms with E-state index in [1.165, 1.54) is 13.3 Å². The molecule has 23 heavy (non-hydrogen) atoms. The number of ether oxygens (including phenoxy) is 1. The molecular formula is C17H16N4O2. The van der Waals surface area contributed by atoms with Gasteiger partial charge in [0, 0.05) is 24.3 Å². The summed E-state index contributed by atoms with van der Waals surface area (Å²) in [5.41, 5.74) is 7.37. The van der Waals surface area contributed by atoms with Crippen LogP contribution in [0.2, 0.25) is 0 Å². The first-order chi connectivity index (χ1) is 11.2. The van der Waals surface area contributed by atoms with Crippen LogP contribution < -0.4 is 11.1 Å². The molecule has 0 spiro atoms. The summed E-state index contributed by atoms with van der Waals surface area (Å²) in [6.07, 6.45) is 3.18. The Labute approximate surface area is 133 Å². The number of rotatable bonds is 4. The zero-order chi connectivity index (χ0) is 16.2. The number of fused-ring (bicyclic) bond motifs is 1. The van der Waals surface area contributed by atoms with Crippen LogP contribution in [0.3, 0.4) is 0 Å². The van der Waals surface area contributed by atoms with Gasteiger partial charge in [0.25, 0.3) is 0 Å². The molecule has 2 aromatic heterocycles. The van der Waals surface area contributed by atoms with E-state index >= 15 is 0 Å². The van der Waals surface area contributed by atoms with Crippen LogP contribution in [0.25, 0.3) is 10.8 Å². The molecule has 0 unspecified atom stereocenters. The highest BCUT2D eigenvalue weighted by Crippen LogP contribution is 2.20. The van der Waals surface area contributed by atoms with E-state index in [1.54, 1.807) is 18.3 Å². The summed E-state index contributed by atoms with van der Waals surface area (Å²) in [7, 11) is 1.34. The number of anilines is 2. The van der Waals surface area contributed by atoms with Gasteiger partial charge in [-0.2, -0.15) is 0 Å². The molecule has 0 atom stereocenters. The molecule has 0 amide bonds. The number of carbonyl (C=O) groups excluding carboxylic acids is 1. The number of nitrogens with one attached hydrogen (secondary N) is 1. The second-order valence-corrected chi connectivity index (χ2v) is 5.03. The molecule has 0 saturated heterocycles. The topological polar surface area (TPSA) is 90.1 Å². The highest BCUT2D eigenvalue weighted by molar-refractivity contribution is 5.91. The van der Waals surface area contributed by atoms with Crippen molar-refractivity contribution in [2.45, 2.75) is 6.54 Å². The molecule has 0 aliphatic heterocycles. The Kier molecular flexibility index (Phi) is 4.05. The van der Waals surface area contributed by atoms with Crippen LogP contribution in [0, 0.1) is 0 Å². The van der Waals surface area contributed by atoms with E-state index in [4.69, 9.17) is 5.73 Å². The smallest absolute Gasteiger partial charge is 0.339 e. The second-order valence-electron chi connectivity index (χ2n) is 5.03. The summed E-state index contributed by atoms with van der Waals surface area (Å²) in [5.74, 6) is 0.818. The van der Waals surface area contributed by atoms with Crippen LogP contribution in [0.1, 0.15) is 15.9 Å². The van der Waals surface area contributed by atoms with Gasteiger partial charge in [0.15, 0.2) is 0 Å². The highest BCUT2D eigenvalue weighted by atomic mass is 16.5. The average molecular weight is 308 g/mol. The van der Waals surface area contributed by atoms with Gasteiger partial charge in [-0.05, 0) is 35.2 Å². The van der Waals surface area contributed by atoms with E-state index < -0.39 is 5.97 Å². The number of nitrogens with two attached hydrogens (primary N) is 1. The van der Waals surface area contributed by atoms with Crippen molar-refractivity contribution >= 4 is 28.4 Å². The minimum atomic E-state index is -0.398. The van der Waals surface area contributed by atoms with E-state index in [1.807, 2.05) is 18.2 Å². The minimum Gasteiger partial charge on any atom is -0.465 e. The SMILES string of the molecule is COC(=O)c1ccc(NCc2ccc3c(N)nccc3c2)nc1. The molecule has 3 N–H and O–H groups in total. The average Bonchev–Trinajstić information content (AvgIpc) is 2.60. The summed E-state index contributed by atoms with van der Waals surface area (Å²) in [4.78, 5) is 19.6. The first-order valence-corrected chi connectivity index (χ1v) is 7.09. The van der Waals surface area contributed by atoms with Gasteiger partial charge in [-0.15, -0.1) is 0 Å². The summed E-state index contributed by atoms with van der Waals surface area (Å²) in [6.45, 7) is 0.614. The number of benzene rings is 1. The summed E-state index contributed by atoms with van der Waals surface area (Å²) >= 11 is 0. The van der Waals surface area contributed by atoms with Gasteiger partial charge in [-0.25, -0.2) is 14.8 Å². The van der Waals surface area contributed by atoms with Crippen LogP contribution in [-0.2, 0) is 11.3 Å². The van der Waals surface area contributed by atoms with Gasteiger partial charge in [-0.3, -0.25) is 0 Å². The first-order valence-electron chi connectivity index (χ1n) is 7.09. The molecule has 0 saturated carbocycles. The molecule has 6 heteroatoms. The van der Waals surface area contributed by atoms with Crippen LogP contribution in [0.4, 0.5) is 11.6 Å². The third kappa shape index (κ3) is 3.21.